The summed E-state index contributed by atoms with van der Waals surface area (Å²) in [6.07, 6.45) is 0. The van der Waals surface area contributed by atoms with Gasteiger partial charge in [-0.05, 0) is 23.3 Å². The number of rotatable bonds is 6. The van der Waals surface area contributed by atoms with Crippen molar-refractivity contribution in [1.82, 2.24) is 0 Å². The molecule has 3 rings (SSSR count). The number of halogens is 3. The molecule has 0 saturated heterocycles. The Morgan fingerprint density at radius 1 is 0.821 bits per heavy atom. The molecule has 0 aliphatic carbocycles. The number of benzene rings is 3. The molecule has 7 heteroatoms. The van der Waals surface area contributed by atoms with Crippen LogP contribution < -0.4 is 5.32 Å². The van der Waals surface area contributed by atoms with Crippen LogP contribution in [0.15, 0.2) is 72.8 Å². The maximum atomic E-state index is 13.7. The first-order valence-electron chi connectivity index (χ1n) is 8.38. The zero-order valence-electron chi connectivity index (χ0n) is 14.6. The number of amides is 1. The lowest BCUT2D eigenvalue weighted by atomic mass is 10.0. The lowest BCUT2D eigenvalue weighted by Gasteiger charge is -2.17. The van der Waals surface area contributed by atoms with Crippen molar-refractivity contribution >= 4 is 22.4 Å². The number of hydrogen-bond acceptors (Lipinski definition) is 2. The molecule has 144 valence electrons. The van der Waals surface area contributed by atoms with Gasteiger partial charge in [0, 0.05) is 10.8 Å². The van der Waals surface area contributed by atoms with E-state index in [1.807, 2.05) is 36.4 Å². The van der Waals surface area contributed by atoms with Crippen LogP contribution in [0.25, 0.3) is 0 Å². The number of hydrogen-bond donors (Lipinski definition) is 1. The SMILES string of the molecule is O=C(CS(=O)C(c1ccccc1)c1ccccc1)Nc1ccc(F)c(F)c1F. The van der Waals surface area contributed by atoms with Gasteiger partial charge in [0.25, 0.3) is 0 Å². The Bertz CT molecular complexity index is 958. The smallest absolute Gasteiger partial charge is 0.237 e. The first-order valence-corrected chi connectivity index (χ1v) is 9.76. The minimum Gasteiger partial charge on any atom is -0.323 e. The fourth-order valence-electron chi connectivity index (χ4n) is 2.77. The highest BCUT2D eigenvalue weighted by atomic mass is 32.2. The summed E-state index contributed by atoms with van der Waals surface area (Å²) in [4.78, 5) is 12.3. The van der Waals surface area contributed by atoms with Crippen molar-refractivity contribution in [1.29, 1.82) is 0 Å². The van der Waals surface area contributed by atoms with Crippen molar-refractivity contribution in [3.05, 3.63) is 101 Å². The minimum atomic E-state index is -1.68. The quantitative estimate of drug-likeness (QED) is 0.613. The molecule has 0 radical (unpaired) electrons. The molecule has 3 aromatic rings. The summed E-state index contributed by atoms with van der Waals surface area (Å²) < 4.78 is 53.0. The van der Waals surface area contributed by atoms with Gasteiger partial charge in [-0.25, -0.2) is 13.2 Å². The Hall–Kier alpha value is -2.93. The summed E-state index contributed by atoms with van der Waals surface area (Å²) in [6.45, 7) is 0. The highest BCUT2D eigenvalue weighted by Gasteiger charge is 2.24. The summed E-state index contributed by atoms with van der Waals surface area (Å²) in [6, 6.07) is 19.7. The van der Waals surface area contributed by atoms with Gasteiger partial charge in [-0.3, -0.25) is 9.00 Å². The molecule has 28 heavy (non-hydrogen) atoms. The van der Waals surface area contributed by atoms with Crippen molar-refractivity contribution in [3.63, 3.8) is 0 Å². The van der Waals surface area contributed by atoms with Crippen molar-refractivity contribution in [2.24, 2.45) is 0 Å². The molecule has 0 bridgehead atoms. The van der Waals surface area contributed by atoms with Crippen LogP contribution in [0, 0.1) is 17.5 Å². The monoisotopic (exact) mass is 403 g/mol. The van der Waals surface area contributed by atoms with E-state index < -0.39 is 50.8 Å². The Morgan fingerprint density at radius 3 is 1.89 bits per heavy atom. The molecule has 0 saturated carbocycles. The van der Waals surface area contributed by atoms with Crippen LogP contribution in [0.3, 0.4) is 0 Å². The molecule has 0 spiro atoms. The second-order valence-electron chi connectivity index (χ2n) is 6.00. The second kappa shape index (κ2) is 8.84. The third-order valence-electron chi connectivity index (χ3n) is 4.05. The van der Waals surface area contributed by atoms with Gasteiger partial charge in [0.05, 0.1) is 10.9 Å². The first-order chi connectivity index (χ1) is 13.5. The molecule has 1 N–H and O–H groups in total. The molecule has 1 atom stereocenters. The first kappa shape index (κ1) is 19.8. The molecule has 0 aromatic heterocycles. The van der Waals surface area contributed by atoms with E-state index in [1.54, 1.807) is 24.3 Å². The average molecular weight is 403 g/mol. The lowest BCUT2D eigenvalue weighted by molar-refractivity contribution is -0.113. The Kier molecular flexibility index (Phi) is 6.26. The number of carbonyl (C=O) groups excluding carboxylic acids is 1. The molecular weight excluding hydrogens is 387 g/mol. The highest BCUT2D eigenvalue weighted by Crippen LogP contribution is 2.28. The molecule has 1 unspecified atom stereocenters. The molecule has 3 aromatic carbocycles. The van der Waals surface area contributed by atoms with E-state index in [2.05, 4.69) is 5.32 Å². The van der Waals surface area contributed by atoms with Crippen molar-refractivity contribution in [3.8, 4) is 0 Å². The van der Waals surface area contributed by atoms with E-state index >= 15 is 0 Å². The molecule has 0 aliphatic rings. The van der Waals surface area contributed by atoms with E-state index in [4.69, 9.17) is 0 Å². The van der Waals surface area contributed by atoms with Crippen LogP contribution in [-0.4, -0.2) is 15.9 Å². The molecule has 1 amide bonds. The predicted molar refractivity (Wildman–Crippen MR) is 103 cm³/mol. The average Bonchev–Trinajstić information content (AvgIpc) is 2.70. The van der Waals surface area contributed by atoms with Crippen molar-refractivity contribution in [2.45, 2.75) is 5.25 Å². The standard InChI is InChI=1S/C21H16F3NO2S/c22-16-11-12-17(20(24)19(16)23)25-18(26)13-28(27)21(14-7-3-1-4-8-14)15-9-5-2-6-10-15/h1-12,21H,13H2,(H,25,26). The van der Waals surface area contributed by atoms with E-state index in [0.717, 1.165) is 17.2 Å². The van der Waals surface area contributed by atoms with E-state index in [1.165, 1.54) is 0 Å². The summed E-state index contributed by atoms with van der Waals surface area (Å²) in [5.74, 6) is -5.73. The lowest BCUT2D eigenvalue weighted by Crippen LogP contribution is -2.24. The van der Waals surface area contributed by atoms with E-state index in [9.17, 15) is 22.2 Å². The Labute approximate surface area is 162 Å². The molecule has 3 nitrogen and oxygen atoms in total. The fourth-order valence-corrected chi connectivity index (χ4v) is 4.19. The van der Waals surface area contributed by atoms with Crippen molar-refractivity contribution in [2.75, 3.05) is 11.1 Å². The Balaban J connectivity index is 1.81. The number of nitrogens with one attached hydrogen (secondary N) is 1. The zero-order chi connectivity index (χ0) is 20.1. The maximum Gasteiger partial charge on any atom is 0.237 e. The Morgan fingerprint density at radius 2 is 1.36 bits per heavy atom. The molecule has 0 fully saturated rings. The largest absolute Gasteiger partial charge is 0.323 e. The van der Waals surface area contributed by atoms with Gasteiger partial charge in [0.1, 0.15) is 5.75 Å². The van der Waals surface area contributed by atoms with Gasteiger partial charge < -0.3 is 5.32 Å². The summed E-state index contributed by atoms with van der Waals surface area (Å²) in [5, 5.41) is 1.59. The van der Waals surface area contributed by atoms with Crippen LogP contribution in [0.1, 0.15) is 16.4 Å². The zero-order valence-corrected chi connectivity index (χ0v) is 15.4. The van der Waals surface area contributed by atoms with Crippen LogP contribution in [-0.2, 0) is 15.6 Å². The molecule has 0 aliphatic heterocycles. The third-order valence-corrected chi connectivity index (χ3v) is 5.67. The number of carbonyl (C=O) groups is 1. The van der Waals surface area contributed by atoms with Crippen LogP contribution in [0.5, 0.6) is 0 Å². The van der Waals surface area contributed by atoms with Gasteiger partial charge in [0.15, 0.2) is 17.5 Å². The summed E-state index contributed by atoms with van der Waals surface area (Å²) in [7, 11) is -1.68. The molecule has 0 heterocycles. The van der Waals surface area contributed by atoms with Crippen LogP contribution in [0.4, 0.5) is 18.9 Å². The third kappa shape index (κ3) is 4.48. The van der Waals surface area contributed by atoms with Crippen molar-refractivity contribution < 1.29 is 22.2 Å². The highest BCUT2D eigenvalue weighted by molar-refractivity contribution is 7.86. The summed E-state index contributed by atoms with van der Waals surface area (Å²) in [5.41, 5.74) is 1.02. The van der Waals surface area contributed by atoms with Gasteiger partial charge in [0.2, 0.25) is 5.91 Å². The predicted octanol–water partition coefficient (Wildman–Crippen LogP) is 4.58. The van der Waals surface area contributed by atoms with E-state index in [-0.39, 0.29) is 0 Å². The maximum absolute atomic E-state index is 13.7. The van der Waals surface area contributed by atoms with Gasteiger partial charge in [-0.1, -0.05) is 60.7 Å². The van der Waals surface area contributed by atoms with Gasteiger partial charge in [-0.15, -0.1) is 0 Å². The number of anilines is 1. The van der Waals surface area contributed by atoms with Crippen LogP contribution >= 0.6 is 0 Å². The van der Waals surface area contributed by atoms with Gasteiger partial charge >= 0.3 is 0 Å². The van der Waals surface area contributed by atoms with Gasteiger partial charge in [-0.2, -0.15) is 0 Å². The van der Waals surface area contributed by atoms with Crippen LogP contribution in [0.2, 0.25) is 0 Å². The fraction of sp³-hybridized carbons (Fsp3) is 0.0952. The second-order valence-corrected chi connectivity index (χ2v) is 7.52. The van der Waals surface area contributed by atoms with E-state index in [0.29, 0.717) is 6.07 Å². The topological polar surface area (TPSA) is 46.2 Å². The molecular formula is C21H16F3NO2S. The normalized spacial score (nSPS) is 12.0. The summed E-state index contributed by atoms with van der Waals surface area (Å²) >= 11 is 0. The minimum absolute atomic E-state index is 0.438.